The van der Waals surface area contributed by atoms with E-state index in [0.29, 0.717) is 11.3 Å². The van der Waals surface area contributed by atoms with Crippen LogP contribution in [0.5, 0.6) is 0 Å². The van der Waals surface area contributed by atoms with Gasteiger partial charge in [-0.15, -0.1) is 0 Å². The second-order valence-electron chi connectivity index (χ2n) is 14.3. The highest BCUT2D eigenvalue weighted by Crippen LogP contribution is 2.44. The second kappa shape index (κ2) is 16.7. The van der Waals surface area contributed by atoms with E-state index in [0.717, 1.165) is 55.4 Å². The number of fused-ring (bicyclic) bond motifs is 4. The third kappa shape index (κ3) is 8.22. The first-order chi connectivity index (χ1) is 28.3. The number of rotatable bonds is 13. The molecule has 0 saturated carbocycles. The fourth-order valence-electron chi connectivity index (χ4n) is 7.59. The minimum absolute atomic E-state index is 0.117. The molecule has 288 valence electrons. The molecule has 0 radical (unpaired) electrons. The lowest BCUT2D eigenvalue weighted by Crippen LogP contribution is -2.45. The smallest absolute Gasteiger partial charge is 0.407 e. The summed E-state index contributed by atoms with van der Waals surface area (Å²) in [7, 11) is 0. The summed E-state index contributed by atoms with van der Waals surface area (Å²) in [6.07, 6.45) is 1.54. The van der Waals surface area contributed by atoms with Crippen LogP contribution >= 0.6 is 0 Å². The zero-order valence-corrected chi connectivity index (χ0v) is 31.4. The molecule has 5 N–H and O–H groups in total. The molecule has 6 aromatic carbocycles. The number of carbonyl (C=O) groups is 4. The SMILES string of the molecule is O=C(NC(Cc1c[nH]c2ccccc12)C(=O)Nc1ccc(-c2ccc(C(=O)NC(Cc3ccccc3)C(=O)O)cc2)cc1)OCC1c2ccccc2-c2ccccc21. The predicted molar refractivity (Wildman–Crippen MR) is 224 cm³/mol. The molecule has 8 rings (SSSR count). The molecule has 0 bridgehead atoms. The van der Waals surface area contributed by atoms with Crippen molar-refractivity contribution in [3.63, 3.8) is 0 Å². The Kier molecular flexibility index (Phi) is 10.8. The number of hydrogen-bond donors (Lipinski definition) is 5. The Labute approximate surface area is 334 Å². The van der Waals surface area contributed by atoms with E-state index in [1.54, 1.807) is 36.4 Å². The lowest BCUT2D eigenvalue weighted by Gasteiger charge is -2.20. The number of alkyl carbamates (subject to hydrolysis) is 1. The van der Waals surface area contributed by atoms with E-state index in [4.69, 9.17) is 4.74 Å². The fourth-order valence-corrected chi connectivity index (χ4v) is 7.59. The number of amides is 3. The standard InChI is InChI=1S/C48H40N4O6/c53-45(51-44(47(55)56)26-30-10-2-1-3-11-30)33-20-18-31(19-21-33)32-22-24-35(25-23-32)50-46(54)43(27-34-28-49-42-17-9-8-12-36(34)42)52-48(57)58-29-41-39-15-6-4-13-37(39)38-14-5-7-16-40(38)41/h1-25,28,41,43-44,49H,26-27,29H2,(H,50,54)(H,51,53)(H,52,57)(H,55,56). The van der Waals surface area contributed by atoms with Crippen LogP contribution in [0.2, 0.25) is 0 Å². The molecule has 2 unspecified atom stereocenters. The van der Waals surface area contributed by atoms with Crippen LogP contribution in [-0.4, -0.2) is 52.7 Å². The van der Waals surface area contributed by atoms with Gasteiger partial charge in [0.05, 0.1) is 0 Å². The summed E-state index contributed by atoms with van der Waals surface area (Å²) in [6.45, 7) is 0.117. The summed E-state index contributed by atoms with van der Waals surface area (Å²) in [5, 5.41) is 19.1. The number of hydrogen-bond acceptors (Lipinski definition) is 5. The first-order valence-corrected chi connectivity index (χ1v) is 19.1. The van der Waals surface area contributed by atoms with Crippen LogP contribution < -0.4 is 16.0 Å². The average molecular weight is 769 g/mol. The first-order valence-electron chi connectivity index (χ1n) is 19.1. The minimum atomic E-state index is -1.11. The normalized spacial score (nSPS) is 12.8. The van der Waals surface area contributed by atoms with Gasteiger partial charge in [0, 0.05) is 47.1 Å². The number of nitrogens with one attached hydrogen (secondary N) is 4. The summed E-state index contributed by atoms with van der Waals surface area (Å²) in [4.78, 5) is 55.4. The minimum Gasteiger partial charge on any atom is -0.480 e. The Morgan fingerprint density at radius 2 is 1.24 bits per heavy atom. The number of H-pyrrole nitrogens is 1. The molecule has 0 spiro atoms. The highest BCUT2D eigenvalue weighted by Gasteiger charge is 2.30. The van der Waals surface area contributed by atoms with Crippen molar-refractivity contribution in [2.45, 2.75) is 30.8 Å². The van der Waals surface area contributed by atoms with Crippen LogP contribution in [0.3, 0.4) is 0 Å². The molecule has 1 aromatic heterocycles. The van der Waals surface area contributed by atoms with Gasteiger partial charge in [-0.1, -0.05) is 121 Å². The first kappa shape index (κ1) is 37.5. The van der Waals surface area contributed by atoms with Gasteiger partial charge in [-0.25, -0.2) is 9.59 Å². The van der Waals surface area contributed by atoms with Crippen molar-refractivity contribution in [3.05, 3.63) is 186 Å². The number of aliphatic carboxylic acids is 1. The summed E-state index contributed by atoms with van der Waals surface area (Å²) < 4.78 is 5.83. The third-order valence-electron chi connectivity index (χ3n) is 10.6. The van der Waals surface area contributed by atoms with Crippen molar-refractivity contribution in [1.29, 1.82) is 0 Å². The molecule has 0 fully saturated rings. The van der Waals surface area contributed by atoms with Crippen LogP contribution in [0, 0.1) is 0 Å². The van der Waals surface area contributed by atoms with Crippen molar-refractivity contribution in [2.24, 2.45) is 0 Å². The van der Waals surface area contributed by atoms with Crippen LogP contribution in [0.25, 0.3) is 33.2 Å². The van der Waals surface area contributed by atoms with Crippen LogP contribution in [0.15, 0.2) is 158 Å². The van der Waals surface area contributed by atoms with E-state index in [1.165, 1.54) is 0 Å². The molecule has 3 amide bonds. The molecule has 0 saturated heterocycles. The number of anilines is 1. The maximum Gasteiger partial charge on any atom is 0.407 e. The largest absolute Gasteiger partial charge is 0.480 e. The number of benzene rings is 6. The molecule has 1 aliphatic rings. The lowest BCUT2D eigenvalue weighted by molar-refractivity contribution is -0.139. The van der Waals surface area contributed by atoms with Crippen molar-refractivity contribution >= 4 is 40.5 Å². The quantitative estimate of drug-likeness (QED) is 0.0796. The van der Waals surface area contributed by atoms with Gasteiger partial charge in [0.15, 0.2) is 0 Å². The topological polar surface area (TPSA) is 150 Å². The summed E-state index contributed by atoms with van der Waals surface area (Å²) in [6, 6.07) is 45.2. The molecular formula is C48H40N4O6. The molecule has 1 heterocycles. The van der Waals surface area contributed by atoms with E-state index in [2.05, 4.69) is 45.2 Å². The Bertz CT molecular complexity index is 2560. The number of carboxylic acid groups (broad SMARTS) is 1. The van der Waals surface area contributed by atoms with Gasteiger partial charge < -0.3 is 30.8 Å². The van der Waals surface area contributed by atoms with Crippen LogP contribution in [0.1, 0.15) is 38.5 Å². The molecular weight excluding hydrogens is 729 g/mol. The van der Waals surface area contributed by atoms with Gasteiger partial charge >= 0.3 is 12.1 Å². The molecule has 2 atom stereocenters. The monoisotopic (exact) mass is 768 g/mol. The molecule has 58 heavy (non-hydrogen) atoms. The molecule has 10 nitrogen and oxygen atoms in total. The molecule has 10 heteroatoms. The van der Waals surface area contributed by atoms with E-state index < -0.39 is 36.0 Å². The number of aromatic amines is 1. The number of aromatic nitrogens is 1. The fraction of sp³-hybridized carbons (Fsp3) is 0.125. The van der Waals surface area contributed by atoms with E-state index >= 15 is 0 Å². The Morgan fingerprint density at radius 1 is 0.638 bits per heavy atom. The van der Waals surface area contributed by atoms with Crippen molar-refractivity contribution < 1.29 is 29.0 Å². The van der Waals surface area contributed by atoms with Gasteiger partial charge in [0.2, 0.25) is 5.91 Å². The van der Waals surface area contributed by atoms with E-state index in [1.807, 2.05) is 97.2 Å². The summed E-state index contributed by atoms with van der Waals surface area (Å²) in [5.74, 6) is -2.13. The Hall–Kier alpha value is -7.46. The van der Waals surface area contributed by atoms with Crippen molar-refractivity contribution in [2.75, 3.05) is 11.9 Å². The number of para-hydroxylation sites is 1. The zero-order valence-electron chi connectivity index (χ0n) is 31.4. The highest BCUT2D eigenvalue weighted by molar-refractivity contribution is 5.98. The van der Waals surface area contributed by atoms with Gasteiger partial charge in [-0.2, -0.15) is 0 Å². The summed E-state index contributed by atoms with van der Waals surface area (Å²) >= 11 is 0. The van der Waals surface area contributed by atoms with Crippen LogP contribution in [0.4, 0.5) is 10.5 Å². The Morgan fingerprint density at radius 3 is 1.91 bits per heavy atom. The highest BCUT2D eigenvalue weighted by atomic mass is 16.5. The molecule has 1 aliphatic carbocycles. The maximum atomic E-state index is 13.9. The maximum absolute atomic E-state index is 13.9. The summed E-state index contributed by atoms with van der Waals surface area (Å²) in [5.41, 5.74) is 9.56. The molecule has 7 aromatic rings. The zero-order chi connectivity index (χ0) is 40.0. The second-order valence-corrected chi connectivity index (χ2v) is 14.3. The van der Waals surface area contributed by atoms with E-state index in [9.17, 15) is 24.3 Å². The van der Waals surface area contributed by atoms with Gasteiger partial charge in [-0.3, -0.25) is 9.59 Å². The van der Waals surface area contributed by atoms with Gasteiger partial charge in [0.25, 0.3) is 5.91 Å². The Balaban J connectivity index is 0.930. The van der Waals surface area contributed by atoms with E-state index in [-0.39, 0.29) is 25.4 Å². The van der Waals surface area contributed by atoms with Crippen LogP contribution in [-0.2, 0) is 27.2 Å². The third-order valence-corrected chi connectivity index (χ3v) is 10.6. The number of ether oxygens (including phenoxy) is 1. The van der Waals surface area contributed by atoms with Crippen molar-refractivity contribution in [3.8, 4) is 22.3 Å². The van der Waals surface area contributed by atoms with Gasteiger partial charge in [-0.05, 0) is 74.8 Å². The van der Waals surface area contributed by atoms with Gasteiger partial charge in [0.1, 0.15) is 18.7 Å². The number of carbonyl (C=O) groups excluding carboxylic acids is 3. The lowest BCUT2D eigenvalue weighted by atomic mass is 9.98. The predicted octanol–water partition coefficient (Wildman–Crippen LogP) is 8.35. The average Bonchev–Trinajstić information content (AvgIpc) is 3.81. The molecule has 0 aliphatic heterocycles. The number of carboxylic acids is 1. The van der Waals surface area contributed by atoms with Crippen molar-refractivity contribution in [1.82, 2.24) is 15.6 Å².